The maximum absolute atomic E-state index is 13.6. The predicted octanol–water partition coefficient (Wildman–Crippen LogP) is 3.79. The summed E-state index contributed by atoms with van der Waals surface area (Å²) in [6.45, 7) is 2.88. The highest BCUT2D eigenvalue weighted by Crippen LogP contribution is 2.23. The third-order valence-electron chi connectivity index (χ3n) is 6.05. The third-order valence-corrected chi connectivity index (χ3v) is 6.30. The molecule has 3 heterocycles. The number of rotatable bonds is 5. The molecule has 0 aliphatic carbocycles. The fourth-order valence-corrected chi connectivity index (χ4v) is 4.43. The smallest absolute Gasteiger partial charge is 0.337 e. The van der Waals surface area contributed by atoms with Gasteiger partial charge in [-0.2, -0.15) is 0 Å². The summed E-state index contributed by atoms with van der Waals surface area (Å²) in [5.74, 6) is 0. The van der Waals surface area contributed by atoms with E-state index in [0.717, 1.165) is 18.4 Å². The summed E-state index contributed by atoms with van der Waals surface area (Å²) in [6, 6.07) is 16.7. The van der Waals surface area contributed by atoms with E-state index >= 15 is 0 Å². The molecule has 2 aromatic heterocycles. The SMILES string of the molecule is CC(c1ccccc1)n1cnc2c1c(=O)n(CC1CCCO1)c(=O)n2-c1ccc(Cl)cc1. The van der Waals surface area contributed by atoms with Crippen LogP contribution in [0.3, 0.4) is 0 Å². The van der Waals surface area contributed by atoms with Gasteiger partial charge in [-0.25, -0.2) is 14.3 Å². The van der Waals surface area contributed by atoms with Crippen molar-refractivity contribution in [1.29, 1.82) is 0 Å². The van der Waals surface area contributed by atoms with Crippen LogP contribution in [0.15, 0.2) is 70.5 Å². The van der Waals surface area contributed by atoms with Crippen molar-refractivity contribution >= 4 is 22.8 Å². The number of aromatic nitrogens is 4. The van der Waals surface area contributed by atoms with Crippen molar-refractivity contribution in [3.63, 3.8) is 0 Å². The molecule has 2 unspecified atom stereocenters. The summed E-state index contributed by atoms with van der Waals surface area (Å²) in [4.78, 5) is 31.6. The Morgan fingerprint density at radius 2 is 1.88 bits per heavy atom. The van der Waals surface area contributed by atoms with Gasteiger partial charge in [-0.3, -0.25) is 9.36 Å². The maximum Gasteiger partial charge on any atom is 0.337 e. The molecule has 0 amide bonds. The van der Waals surface area contributed by atoms with Crippen molar-refractivity contribution in [2.45, 2.75) is 38.5 Å². The van der Waals surface area contributed by atoms with Crippen LogP contribution in [-0.4, -0.2) is 31.4 Å². The van der Waals surface area contributed by atoms with Crippen molar-refractivity contribution < 1.29 is 4.74 Å². The maximum atomic E-state index is 13.6. The normalized spacial score (nSPS) is 17.1. The number of ether oxygens (including phenoxy) is 1. The molecule has 0 bridgehead atoms. The molecule has 1 fully saturated rings. The Hall–Kier alpha value is -3.16. The first-order chi connectivity index (χ1) is 15.5. The van der Waals surface area contributed by atoms with Gasteiger partial charge in [-0.05, 0) is 49.6 Å². The van der Waals surface area contributed by atoms with E-state index in [9.17, 15) is 9.59 Å². The van der Waals surface area contributed by atoms with Crippen molar-refractivity contribution in [2.75, 3.05) is 6.61 Å². The molecule has 7 nitrogen and oxygen atoms in total. The second-order valence-electron chi connectivity index (χ2n) is 8.06. The highest BCUT2D eigenvalue weighted by molar-refractivity contribution is 6.30. The summed E-state index contributed by atoms with van der Waals surface area (Å²) in [5.41, 5.74) is 1.57. The summed E-state index contributed by atoms with van der Waals surface area (Å²) in [7, 11) is 0. The summed E-state index contributed by atoms with van der Waals surface area (Å²) >= 11 is 6.06. The molecule has 32 heavy (non-hydrogen) atoms. The minimum absolute atomic E-state index is 0.138. The van der Waals surface area contributed by atoms with Gasteiger partial charge in [-0.1, -0.05) is 41.9 Å². The number of fused-ring (bicyclic) bond motifs is 1. The molecule has 8 heteroatoms. The molecular formula is C24H23ClN4O3. The minimum Gasteiger partial charge on any atom is -0.376 e. The molecule has 5 rings (SSSR count). The van der Waals surface area contributed by atoms with Crippen LogP contribution >= 0.6 is 11.6 Å². The Labute approximate surface area is 189 Å². The van der Waals surface area contributed by atoms with Crippen LogP contribution in [0, 0.1) is 0 Å². The van der Waals surface area contributed by atoms with Gasteiger partial charge < -0.3 is 9.30 Å². The monoisotopic (exact) mass is 450 g/mol. The molecule has 0 saturated carbocycles. The van der Waals surface area contributed by atoms with E-state index < -0.39 is 5.69 Å². The number of nitrogens with zero attached hydrogens (tertiary/aromatic N) is 4. The minimum atomic E-state index is -0.432. The van der Waals surface area contributed by atoms with Crippen molar-refractivity contribution in [3.05, 3.63) is 92.3 Å². The van der Waals surface area contributed by atoms with Crippen LogP contribution < -0.4 is 11.2 Å². The molecular weight excluding hydrogens is 428 g/mol. The number of benzene rings is 2. The number of hydrogen-bond donors (Lipinski definition) is 0. The van der Waals surface area contributed by atoms with Crippen LogP contribution in [0.2, 0.25) is 5.02 Å². The molecule has 1 aliphatic rings. The molecule has 2 aromatic carbocycles. The van der Waals surface area contributed by atoms with Gasteiger partial charge in [0, 0.05) is 11.6 Å². The summed E-state index contributed by atoms with van der Waals surface area (Å²) in [5, 5.41) is 0.564. The average Bonchev–Trinajstić information content (AvgIpc) is 3.48. The largest absolute Gasteiger partial charge is 0.376 e. The zero-order valence-corrected chi connectivity index (χ0v) is 18.4. The second-order valence-corrected chi connectivity index (χ2v) is 8.49. The lowest BCUT2D eigenvalue weighted by atomic mass is 10.1. The lowest BCUT2D eigenvalue weighted by Gasteiger charge is -2.18. The predicted molar refractivity (Wildman–Crippen MR) is 124 cm³/mol. The fraction of sp³-hybridized carbons (Fsp3) is 0.292. The van der Waals surface area contributed by atoms with Crippen LogP contribution in [0.25, 0.3) is 16.9 Å². The van der Waals surface area contributed by atoms with Gasteiger partial charge in [0.15, 0.2) is 11.2 Å². The summed E-state index contributed by atoms with van der Waals surface area (Å²) in [6.07, 6.45) is 3.23. The number of halogens is 1. The van der Waals surface area contributed by atoms with Crippen molar-refractivity contribution in [1.82, 2.24) is 18.7 Å². The Kier molecular flexibility index (Phi) is 5.45. The van der Waals surface area contributed by atoms with E-state index in [1.807, 2.05) is 41.8 Å². The van der Waals surface area contributed by atoms with Gasteiger partial charge in [0.25, 0.3) is 5.56 Å². The number of hydrogen-bond acceptors (Lipinski definition) is 4. The highest BCUT2D eigenvalue weighted by Gasteiger charge is 2.24. The molecule has 0 radical (unpaired) electrons. The zero-order chi connectivity index (χ0) is 22.2. The van der Waals surface area contributed by atoms with Crippen LogP contribution in [-0.2, 0) is 11.3 Å². The second kappa shape index (κ2) is 8.41. The summed E-state index contributed by atoms with van der Waals surface area (Å²) < 4.78 is 10.3. The van der Waals surface area contributed by atoms with E-state index in [1.165, 1.54) is 9.13 Å². The molecule has 4 aromatic rings. The fourth-order valence-electron chi connectivity index (χ4n) is 4.31. The van der Waals surface area contributed by atoms with E-state index in [1.54, 1.807) is 30.6 Å². The first kappa shape index (κ1) is 20.7. The van der Waals surface area contributed by atoms with Gasteiger partial charge in [0.2, 0.25) is 0 Å². The first-order valence-corrected chi connectivity index (χ1v) is 11.1. The van der Waals surface area contributed by atoms with Gasteiger partial charge in [0.05, 0.1) is 30.7 Å². The first-order valence-electron chi connectivity index (χ1n) is 10.7. The van der Waals surface area contributed by atoms with Gasteiger partial charge in [0.1, 0.15) is 0 Å². The van der Waals surface area contributed by atoms with E-state index in [4.69, 9.17) is 16.3 Å². The molecule has 1 saturated heterocycles. The van der Waals surface area contributed by atoms with E-state index in [2.05, 4.69) is 4.98 Å². The number of imidazole rings is 1. The van der Waals surface area contributed by atoms with Crippen molar-refractivity contribution in [2.24, 2.45) is 0 Å². The quantitative estimate of drug-likeness (QED) is 0.464. The Morgan fingerprint density at radius 3 is 2.56 bits per heavy atom. The van der Waals surface area contributed by atoms with Crippen molar-refractivity contribution in [3.8, 4) is 5.69 Å². The van der Waals surface area contributed by atoms with E-state index in [0.29, 0.717) is 28.5 Å². The molecule has 0 spiro atoms. The Balaban J connectivity index is 1.76. The van der Waals surface area contributed by atoms with Gasteiger partial charge in [-0.15, -0.1) is 0 Å². The lowest BCUT2D eigenvalue weighted by molar-refractivity contribution is 0.0950. The topological polar surface area (TPSA) is 71.1 Å². The molecule has 1 aliphatic heterocycles. The van der Waals surface area contributed by atoms with E-state index in [-0.39, 0.29) is 24.2 Å². The average molecular weight is 451 g/mol. The highest BCUT2D eigenvalue weighted by atomic mass is 35.5. The van der Waals surface area contributed by atoms with Crippen LogP contribution in [0.1, 0.15) is 31.4 Å². The van der Waals surface area contributed by atoms with Crippen LogP contribution in [0.5, 0.6) is 0 Å². The third kappa shape index (κ3) is 3.57. The van der Waals surface area contributed by atoms with Crippen LogP contribution in [0.4, 0.5) is 0 Å². The van der Waals surface area contributed by atoms with Gasteiger partial charge >= 0.3 is 5.69 Å². The Bertz CT molecular complexity index is 1370. The molecule has 0 N–H and O–H groups in total. The lowest BCUT2D eigenvalue weighted by Crippen LogP contribution is -2.42. The Morgan fingerprint density at radius 1 is 1.12 bits per heavy atom. The standard InChI is InChI=1S/C24H23ClN4O3/c1-16(17-6-3-2-4-7-17)28-15-26-22-21(28)23(30)27(14-20-8-5-13-32-20)24(31)29(22)19-11-9-18(25)10-12-19/h2-4,6-7,9-12,15-16,20H,5,8,13-14H2,1H3. The molecule has 2 atom stereocenters. The zero-order valence-electron chi connectivity index (χ0n) is 17.6. The molecule has 164 valence electrons.